The van der Waals surface area contributed by atoms with Crippen molar-refractivity contribution in [1.29, 1.82) is 0 Å². The Morgan fingerprint density at radius 3 is 2.59 bits per heavy atom. The van der Waals surface area contributed by atoms with Crippen LogP contribution in [-0.2, 0) is 4.79 Å². The van der Waals surface area contributed by atoms with Crippen LogP contribution >= 0.6 is 15.9 Å². The first-order chi connectivity index (χ1) is 10.5. The molecule has 0 aliphatic heterocycles. The monoisotopic (exact) mass is 361 g/mol. The van der Waals surface area contributed by atoms with Crippen LogP contribution < -0.4 is 10.9 Å². The van der Waals surface area contributed by atoms with Gasteiger partial charge in [0.05, 0.1) is 0 Å². The van der Waals surface area contributed by atoms with E-state index in [4.69, 9.17) is 0 Å². The summed E-state index contributed by atoms with van der Waals surface area (Å²) >= 11 is 3.23. The maximum atomic E-state index is 11.7. The molecule has 3 N–H and O–H groups in total. The predicted octanol–water partition coefficient (Wildman–Crippen LogP) is 2.87. The van der Waals surface area contributed by atoms with Crippen LogP contribution in [0.25, 0.3) is 6.08 Å². The number of hydrogen-bond donors (Lipinski definition) is 3. The molecule has 1 heterocycles. The lowest BCUT2D eigenvalue weighted by Crippen LogP contribution is -2.40. The normalized spacial score (nSPS) is 10.7. The van der Waals surface area contributed by atoms with Gasteiger partial charge in [-0.3, -0.25) is 20.4 Å². The van der Waals surface area contributed by atoms with E-state index < -0.39 is 11.8 Å². The van der Waals surface area contributed by atoms with Crippen LogP contribution in [0.3, 0.4) is 0 Å². The van der Waals surface area contributed by atoms with Gasteiger partial charge in [-0.25, -0.2) is 0 Å². The van der Waals surface area contributed by atoms with E-state index in [0.29, 0.717) is 5.69 Å². The first-order valence-electron chi connectivity index (χ1n) is 6.65. The summed E-state index contributed by atoms with van der Waals surface area (Å²) in [6.45, 7) is 4.00. The zero-order valence-corrected chi connectivity index (χ0v) is 13.8. The molecule has 0 atom stereocenters. The smallest absolute Gasteiger partial charge is 0.286 e. The zero-order chi connectivity index (χ0) is 16.1. The number of carbonyl (C=O) groups excluding carboxylic acids is 2. The molecule has 0 bridgehead atoms. The van der Waals surface area contributed by atoms with E-state index >= 15 is 0 Å². The van der Waals surface area contributed by atoms with Crippen molar-refractivity contribution in [1.82, 2.24) is 15.8 Å². The molecule has 0 fully saturated rings. The standard InChI is InChI=1S/C16H16BrN3O2/c1-10-3-4-12(11(2)7-10)5-6-15(21)19-20-16(22)14-8-13(17)9-18-14/h3-9,18H,1-2H3,(H,19,21)(H,20,22)/b6-5+. The van der Waals surface area contributed by atoms with Crippen molar-refractivity contribution in [2.45, 2.75) is 13.8 Å². The summed E-state index contributed by atoms with van der Waals surface area (Å²) in [4.78, 5) is 26.2. The van der Waals surface area contributed by atoms with Gasteiger partial charge in [0, 0.05) is 16.7 Å². The lowest BCUT2D eigenvalue weighted by molar-refractivity contribution is -0.117. The second kappa shape index (κ2) is 7.09. The highest BCUT2D eigenvalue weighted by Gasteiger charge is 2.07. The molecule has 0 aliphatic rings. The maximum absolute atomic E-state index is 11.7. The molecule has 2 amide bonds. The van der Waals surface area contributed by atoms with Gasteiger partial charge < -0.3 is 4.98 Å². The summed E-state index contributed by atoms with van der Waals surface area (Å²) in [6, 6.07) is 7.59. The molecule has 0 aliphatic carbocycles. The molecule has 1 aromatic heterocycles. The van der Waals surface area contributed by atoms with Gasteiger partial charge in [-0.1, -0.05) is 23.8 Å². The van der Waals surface area contributed by atoms with Crippen LogP contribution in [0.1, 0.15) is 27.2 Å². The summed E-state index contributed by atoms with van der Waals surface area (Å²) in [5.41, 5.74) is 8.23. The van der Waals surface area contributed by atoms with E-state index in [9.17, 15) is 9.59 Å². The third-order valence-corrected chi connectivity index (χ3v) is 3.49. The van der Waals surface area contributed by atoms with Gasteiger partial charge >= 0.3 is 0 Å². The Labute approximate surface area is 136 Å². The molecule has 0 radical (unpaired) electrons. The number of carbonyl (C=O) groups is 2. The molecule has 2 rings (SSSR count). The van der Waals surface area contributed by atoms with Crippen molar-refractivity contribution in [2.24, 2.45) is 0 Å². The number of rotatable bonds is 3. The number of amides is 2. The zero-order valence-electron chi connectivity index (χ0n) is 12.2. The van der Waals surface area contributed by atoms with Gasteiger partial charge in [0.1, 0.15) is 5.69 Å². The van der Waals surface area contributed by atoms with E-state index in [2.05, 4.69) is 31.8 Å². The van der Waals surface area contributed by atoms with Crippen LogP contribution in [0.2, 0.25) is 0 Å². The quantitative estimate of drug-likeness (QED) is 0.580. The minimum atomic E-state index is -0.418. The van der Waals surface area contributed by atoms with E-state index in [1.165, 1.54) is 11.6 Å². The molecular weight excluding hydrogens is 346 g/mol. The Kier molecular flexibility index (Phi) is 5.16. The fourth-order valence-corrected chi connectivity index (χ4v) is 2.25. The molecule has 5 nitrogen and oxygen atoms in total. The van der Waals surface area contributed by atoms with Crippen molar-refractivity contribution in [2.75, 3.05) is 0 Å². The van der Waals surface area contributed by atoms with Gasteiger partial charge in [0.15, 0.2) is 0 Å². The highest BCUT2D eigenvalue weighted by Crippen LogP contribution is 2.12. The molecule has 0 spiro atoms. The molecule has 2 aromatic rings. The molecule has 0 unspecified atom stereocenters. The fraction of sp³-hybridized carbons (Fsp3) is 0.125. The minimum absolute atomic E-state index is 0.352. The van der Waals surface area contributed by atoms with Crippen molar-refractivity contribution < 1.29 is 9.59 Å². The third-order valence-electron chi connectivity index (χ3n) is 3.03. The molecule has 114 valence electrons. The summed E-state index contributed by atoms with van der Waals surface area (Å²) in [5.74, 6) is -0.821. The number of benzene rings is 1. The van der Waals surface area contributed by atoms with Crippen LogP contribution in [0.5, 0.6) is 0 Å². The maximum Gasteiger partial charge on any atom is 0.286 e. The number of nitrogens with one attached hydrogen (secondary N) is 3. The van der Waals surface area contributed by atoms with E-state index in [1.807, 2.05) is 32.0 Å². The Morgan fingerprint density at radius 1 is 1.18 bits per heavy atom. The van der Waals surface area contributed by atoms with Crippen molar-refractivity contribution >= 4 is 33.8 Å². The Hall–Kier alpha value is -2.34. The summed E-state index contributed by atoms with van der Waals surface area (Å²) in [7, 11) is 0. The topological polar surface area (TPSA) is 74.0 Å². The first kappa shape index (κ1) is 16.0. The van der Waals surface area contributed by atoms with Crippen LogP contribution in [0, 0.1) is 13.8 Å². The lowest BCUT2D eigenvalue weighted by atomic mass is 10.1. The SMILES string of the molecule is Cc1ccc(/C=C/C(=O)NNC(=O)c2cc(Br)c[nH]2)c(C)c1. The van der Waals surface area contributed by atoms with Gasteiger partial charge in [0.2, 0.25) is 0 Å². The average molecular weight is 362 g/mol. The summed E-state index contributed by atoms with van der Waals surface area (Å²) in [6.07, 6.45) is 4.72. The number of H-pyrrole nitrogens is 1. The minimum Gasteiger partial charge on any atom is -0.356 e. The number of aromatic amines is 1. The Balaban J connectivity index is 1.90. The molecule has 0 saturated carbocycles. The van der Waals surface area contributed by atoms with Crippen molar-refractivity contribution in [3.63, 3.8) is 0 Å². The molecule has 0 saturated heterocycles. The summed E-state index contributed by atoms with van der Waals surface area (Å²) in [5, 5.41) is 0. The largest absolute Gasteiger partial charge is 0.356 e. The number of hydrazine groups is 1. The molecular formula is C16H16BrN3O2. The summed E-state index contributed by atoms with van der Waals surface area (Å²) < 4.78 is 0.763. The van der Waals surface area contributed by atoms with Crippen LogP contribution in [0.4, 0.5) is 0 Å². The van der Waals surface area contributed by atoms with E-state index in [0.717, 1.165) is 15.6 Å². The number of hydrogen-bond acceptors (Lipinski definition) is 2. The van der Waals surface area contributed by atoms with Crippen LogP contribution in [-0.4, -0.2) is 16.8 Å². The van der Waals surface area contributed by atoms with Crippen molar-refractivity contribution in [3.8, 4) is 0 Å². The van der Waals surface area contributed by atoms with Crippen LogP contribution in [0.15, 0.2) is 41.0 Å². The van der Waals surface area contributed by atoms with Gasteiger partial charge in [-0.2, -0.15) is 0 Å². The van der Waals surface area contributed by atoms with Gasteiger partial charge in [0.25, 0.3) is 11.8 Å². The number of aryl methyl sites for hydroxylation is 2. The van der Waals surface area contributed by atoms with E-state index in [1.54, 1.807) is 18.3 Å². The molecule has 6 heteroatoms. The second-order valence-corrected chi connectivity index (χ2v) is 5.78. The van der Waals surface area contributed by atoms with Gasteiger partial charge in [-0.05, 0) is 53.0 Å². The van der Waals surface area contributed by atoms with Crippen molar-refractivity contribution in [3.05, 3.63) is 63.4 Å². The molecule has 22 heavy (non-hydrogen) atoms. The Bertz CT molecular complexity index is 735. The Morgan fingerprint density at radius 2 is 1.95 bits per heavy atom. The highest BCUT2D eigenvalue weighted by molar-refractivity contribution is 9.10. The third kappa shape index (κ3) is 4.33. The number of aromatic nitrogens is 1. The lowest BCUT2D eigenvalue weighted by Gasteiger charge is -2.04. The predicted molar refractivity (Wildman–Crippen MR) is 89.1 cm³/mol. The molecule has 1 aromatic carbocycles. The first-order valence-corrected chi connectivity index (χ1v) is 7.44. The fourth-order valence-electron chi connectivity index (χ4n) is 1.90. The highest BCUT2D eigenvalue weighted by atomic mass is 79.9. The average Bonchev–Trinajstić information content (AvgIpc) is 2.90. The second-order valence-electron chi connectivity index (χ2n) is 4.87. The van der Waals surface area contributed by atoms with E-state index in [-0.39, 0.29) is 0 Å². The van der Waals surface area contributed by atoms with Gasteiger partial charge in [-0.15, -0.1) is 0 Å². The number of halogens is 1.